The van der Waals surface area contributed by atoms with Crippen molar-refractivity contribution < 1.29 is 5.11 Å². The number of fused-ring (bicyclic) bond motifs is 1. The minimum Gasteiger partial charge on any atom is -0.395 e. The fourth-order valence-corrected chi connectivity index (χ4v) is 3.32. The molecular weight excluding hydrogens is 344 g/mol. The number of rotatable bonds is 4. The predicted molar refractivity (Wildman–Crippen MR) is 104 cm³/mol. The molecule has 1 saturated heterocycles. The minimum atomic E-state index is -0.123. The second kappa shape index (κ2) is 7.32. The van der Waals surface area contributed by atoms with Crippen LogP contribution in [-0.4, -0.2) is 57.4 Å². The van der Waals surface area contributed by atoms with Gasteiger partial charge in [0.15, 0.2) is 0 Å². The number of nitrogens with zero attached hydrogens (tertiary/aromatic N) is 6. The van der Waals surface area contributed by atoms with Crippen molar-refractivity contribution in [3.05, 3.63) is 52.8 Å². The molecule has 0 atom stereocenters. The minimum absolute atomic E-state index is 0.0832. The van der Waals surface area contributed by atoms with Gasteiger partial charge in [0, 0.05) is 44.3 Å². The first-order valence-corrected chi connectivity index (χ1v) is 9.04. The number of piperazine rings is 1. The lowest BCUT2D eigenvalue weighted by Gasteiger charge is -2.36. The van der Waals surface area contributed by atoms with Gasteiger partial charge in [-0.3, -0.25) is 9.36 Å². The Morgan fingerprint density at radius 3 is 2.44 bits per heavy atom. The predicted octanol–water partition coefficient (Wildman–Crippen LogP) is 0.814. The van der Waals surface area contributed by atoms with Crippen molar-refractivity contribution in [2.45, 2.75) is 13.5 Å². The van der Waals surface area contributed by atoms with Gasteiger partial charge in [0.05, 0.1) is 30.4 Å². The molecule has 3 aromatic rings. The van der Waals surface area contributed by atoms with Gasteiger partial charge in [0.2, 0.25) is 5.95 Å². The van der Waals surface area contributed by atoms with E-state index in [9.17, 15) is 4.79 Å². The largest absolute Gasteiger partial charge is 0.395 e. The normalized spacial score (nSPS) is 14.7. The van der Waals surface area contributed by atoms with E-state index in [-0.39, 0.29) is 18.7 Å². The van der Waals surface area contributed by atoms with Crippen LogP contribution in [0.2, 0.25) is 0 Å². The number of aryl methyl sites for hydroxylation is 1. The first-order valence-electron chi connectivity index (χ1n) is 9.04. The molecule has 1 aromatic carbocycles. The molecule has 0 radical (unpaired) electrons. The Hall–Kier alpha value is -3.00. The van der Waals surface area contributed by atoms with Gasteiger partial charge >= 0.3 is 0 Å². The van der Waals surface area contributed by atoms with Crippen LogP contribution < -0.4 is 15.4 Å². The Labute approximate surface area is 156 Å². The number of aliphatic hydroxyl groups is 1. The van der Waals surface area contributed by atoms with Gasteiger partial charge in [0.1, 0.15) is 0 Å². The van der Waals surface area contributed by atoms with Gasteiger partial charge in [-0.15, -0.1) is 0 Å². The van der Waals surface area contributed by atoms with Crippen LogP contribution in [0, 0.1) is 6.92 Å². The second-order valence-corrected chi connectivity index (χ2v) is 6.70. The Morgan fingerprint density at radius 2 is 1.74 bits per heavy atom. The summed E-state index contributed by atoms with van der Waals surface area (Å²) in [7, 11) is 0. The summed E-state index contributed by atoms with van der Waals surface area (Å²) in [6.45, 7) is 5.54. The van der Waals surface area contributed by atoms with E-state index < -0.39 is 0 Å². The Balaban J connectivity index is 1.51. The molecule has 1 aliphatic heterocycles. The number of anilines is 2. The Kier molecular flexibility index (Phi) is 4.72. The van der Waals surface area contributed by atoms with Crippen molar-refractivity contribution in [1.82, 2.24) is 19.5 Å². The van der Waals surface area contributed by atoms with E-state index in [4.69, 9.17) is 5.11 Å². The van der Waals surface area contributed by atoms with Gasteiger partial charge in [-0.1, -0.05) is 0 Å². The maximum atomic E-state index is 12.4. The average molecular weight is 366 g/mol. The van der Waals surface area contributed by atoms with Gasteiger partial charge in [-0.05, 0) is 30.7 Å². The van der Waals surface area contributed by atoms with Crippen molar-refractivity contribution in [2.75, 3.05) is 42.6 Å². The highest BCUT2D eigenvalue weighted by molar-refractivity contribution is 5.81. The molecule has 0 amide bonds. The second-order valence-electron chi connectivity index (χ2n) is 6.70. The summed E-state index contributed by atoms with van der Waals surface area (Å²) in [5, 5.41) is 9.61. The molecule has 1 N–H and O–H groups in total. The maximum absolute atomic E-state index is 12.4. The van der Waals surface area contributed by atoms with E-state index in [1.165, 1.54) is 10.9 Å². The molecule has 140 valence electrons. The lowest BCUT2D eigenvalue weighted by atomic mass is 10.2. The molecule has 1 aliphatic rings. The lowest BCUT2D eigenvalue weighted by molar-refractivity contribution is 0.274. The van der Waals surface area contributed by atoms with E-state index in [0.717, 1.165) is 43.4 Å². The first-order chi connectivity index (χ1) is 13.2. The van der Waals surface area contributed by atoms with E-state index in [0.29, 0.717) is 10.9 Å². The fraction of sp³-hybridized carbons (Fsp3) is 0.368. The van der Waals surface area contributed by atoms with Crippen LogP contribution in [0.15, 0.2) is 41.7 Å². The summed E-state index contributed by atoms with van der Waals surface area (Å²) in [6, 6.07) is 5.74. The molecular formula is C19H22N6O2. The topological polar surface area (TPSA) is 87.4 Å². The zero-order valence-corrected chi connectivity index (χ0v) is 15.2. The van der Waals surface area contributed by atoms with Gasteiger partial charge in [-0.2, -0.15) is 0 Å². The molecule has 8 nitrogen and oxygen atoms in total. The van der Waals surface area contributed by atoms with Crippen molar-refractivity contribution >= 4 is 22.5 Å². The highest BCUT2D eigenvalue weighted by Crippen LogP contribution is 2.21. The molecule has 3 heterocycles. The quantitative estimate of drug-likeness (QED) is 0.731. The van der Waals surface area contributed by atoms with E-state index >= 15 is 0 Å². The zero-order valence-electron chi connectivity index (χ0n) is 15.2. The van der Waals surface area contributed by atoms with Gasteiger partial charge < -0.3 is 14.9 Å². The van der Waals surface area contributed by atoms with Crippen LogP contribution in [0.1, 0.15) is 5.56 Å². The van der Waals surface area contributed by atoms with E-state index in [1.807, 2.05) is 37.5 Å². The molecule has 0 unspecified atom stereocenters. The summed E-state index contributed by atoms with van der Waals surface area (Å²) in [4.78, 5) is 30.1. The smallest absolute Gasteiger partial charge is 0.261 e. The third-order valence-corrected chi connectivity index (χ3v) is 4.84. The van der Waals surface area contributed by atoms with Gasteiger partial charge in [-0.25, -0.2) is 15.0 Å². The average Bonchev–Trinajstić information content (AvgIpc) is 2.71. The van der Waals surface area contributed by atoms with Crippen molar-refractivity contribution in [1.29, 1.82) is 0 Å². The highest BCUT2D eigenvalue weighted by atomic mass is 16.3. The van der Waals surface area contributed by atoms with E-state index in [2.05, 4.69) is 24.8 Å². The molecule has 2 aromatic heterocycles. The standard InChI is InChI=1S/C19H22N6O2/c1-14-11-20-19(21-12-14)24-6-4-23(5-7-24)15-2-3-16-17(10-15)22-13-25(8-9-26)18(16)27/h2-3,10-13,26H,4-9H2,1H3. The zero-order chi connectivity index (χ0) is 18.8. The van der Waals surface area contributed by atoms with Crippen molar-refractivity contribution in [3.8, 4) is 0 Å². The van der Waals surface area contributed by atoms with Crippen LogP contribution in [0.3, 0.4) is 0 Å². The number of benzene rings is 1. The molecule has 8 heteroatoms. The molecule has 0 saturated carbocycles. The number of hydrogen-bond acceptors (Lipinski definition) is 7. The molecule has 4 rings (SSSR count). The third-order valence-electron chi connectivity index (χ3n) is 4.84. The molecule has 1 fully saturated rings. The van der Waals surface area contributed by atoms with Crippen LogP contribution in [0.25, 0.3) is 10.9 Å². The maximum Gasteiger partial charge on any atom is 0.261 e. The first kappa shape index (κ1) is 17.4. The SMILES string of the molecule is Cc1cnc(N2CCN(c3ccc4c(=O)n(CCO)cnc4c3)CC2)nc1. The Morgan fingerprint density at radius 1 is 1.04 bits per heavy atom. The number of aromatic nitrogens is 4. The highest BCUT2D eigenvalue weighted by Gasteiger charge is 2.19. The van der Waals surface area contributed by atoms with Crippen LogP contribution in [0.4, 0.5) is 11.6 Å². The molecule has 0 spiro atoms. The molecule has 0 aliphatic carbocycles. The van der Waals surface area contributed by atoms with E-state index in [1.54, 1.807) is 0 Å². The van der Waals surface area contributed by atoms with Crippen LogP contribution in [-0.2, 0) is 6.54 Å². The van der Waals surface area contributed by atoms with Crippen LogP contribution in [0.5, 0.6) is 0 Å². The summed E-state index contributed by atoms with van der Waals surface area (Å²) >= 11 is 0. The summed E-state index contributed by atoms with van der Waals surface area (Å²) in [5.74, 6) is 0.768. The summed E-state index contributed by atoms with van der Waals surface area (Å²) in [5.41, 5.74) is 2.66. The van der Waals surface area contributed by atoms with Gasteiger partial charge in [0.25, 0.3) is 5.56 Å². The monoisotopic (exact) mass is 366 g/mol. The molecule has 0 bridgehead atoms. The fourth-order valence-electron chi connectivity index (χ4n) is 3.32. The number of hydrogen-bond donors (Lipinski definition) is 1. The Bertz CT molecular complexity index is 993. The third kappa shape index (κ3) is 3.48. The summed E-state index contributed by atoms with van der Waals surface area (Å²) in [6.07, 6.45) is 5.18. The lowest BCUT2D eigenvalue weighted by Crippen LogP contribution is -2.47. The van der Waals surface area contributed by atoms with Crippen molar-refractivity contribution in [2.24, 2.45) is 0 Å². The molecule has 27 heavy (non-hydrogen) atoms. The number of aliphatic hydroxyl groups excluding tert-OH is 1. The van der Waals surface area contributed by atoms with Crippen LogP contribution >= 0.6 is 0 Å². The summed E-state index contributed by atoms with van der Waals surface area (Å²) < 4.78 is 1.43. The van der Waals surface area contributed by atoms with Crippen molar-refractivity contribution in [3.63, 3.8) is 0 Å².